The van der Waals surface area contributed by atoms with Gasteiger partial charge >= 0.3 is 5.97 Å². The van der Waals surface area contributed by atoms with Gasteiger partial charge in [0.2, 0.25) is 0 Å². The third-order valence-electron chi connectivity index (χ3n) is 2.75. The maximum absolute atomic E-state index is 11.5. The lowest BCUT2D eigenvalue weighted by Gasteiger charge is -2.10. The molecule has 1 aromatic carbocycles. The number of nitrogens with zero attached hydrogens (tertiary/aromatic N) is 1. The highest BCUT2D eigenvalue weighted by Gasteiger charge is 2.07. The van der Waals surface area contributed by atoms with Gasteiger partial charge in [0.05, 0.1) is 17.8 Å². The van der Waals surface area contributed by atoms with Crippen LogP contribution in [0.25, 0.3) is 0 Å². The van der Waals surface area contributed by atoms with Gasteiger partial charge in [-0.25, -0.2) is 4.79 Å². The van der Waals surface area contributed by atoms with Crippen molar-refractivity contribution >= 4 is 11.7 Å². The Bertz CT molecular complexity index is 679. The van der Waals surface area contributed by atoms with Gasteiger partial charge in [-0.3, -0.25) is 4.79 Å². The molecular weight excluding hydrogens is 260 g/mol. The number of hydrogen-bond donors (Lipinski definition) is 2. The van der Waals surface area contributed by atoms with E-state index in [1.807, 2.05) is 0 Å². The molecule has 2 rings (SSSR count). The van der Waals surface area contributed by atoms with Crippen molar-refractivity contribution in [1.82, 2.24) is 4.57 Å². The summed E-state index contributed by atoms with van der Waals surface area (Å²) >= 11 is 0. The minimum atomic E-state index is -1.05. The van der Waals surface area contributed by atoms with E-state index in [2.05, 4.69) is 0 Å². The van der Waals surface area contributed by atoms with Gasteiger partial charge in [-0.2, -0.15) is 0 Å². The maximum atomic E-state index is 11.5. The van der Waals surface area contributed by atoms with E-state index < -0.39 is 5.97 Å². The van der Waals surface area contributed by atoms with E-state index in [-0.39, 0.29) is 17.7 Å². The first-order valence-electron chi connectivity index (χ1n) is 5.99. The van der Waals surface area contributed by atoms with Gasteiger partial charge in [-0.15, -0.1) is 0 Å². The molecule has 0 saturated carbocycles. The zero-order chi connectivity index (χ0) is 14.5. The highest BCUT2D eigenvalue weighted by Crippen LogP contribution is 2.22. The van der Waals surface area contributed by atoms with Crippen LogP contribution < -0.4 is 16.0 Å². The van der Waals surface area contributed by atoms with Gasteiger partial charge in [0.1, 0.15) is 12.4 Å². The zero-order valence-corrected chi connectivity index (χ0v) is 10.7. The molecule has 0 bridgehead atoms. The molecule has 0 fully saturated rings. The van der Waals surface area contributed by atoms with Crippen LogP contribution in [0.2, 0.25) is 0 Å². The Hall–Kier alpha value is -2.76. The summed E-state index contributed by atoms with van der Waals surface area (Å²) in [4.78, 5) is 22.3. The van der Waals surface area contributed by atoms with E-state index in [0.29, 0.717) is 18.0 Å². The number of benzene rings is 1. The summed E-state index contributed by atoms with van der Waals surface area (Å²) in [6.07, 6.45) is 1.66. The molecule has 0 aliphatic rings. The zero-order valence-electron chi connectivity index (χ0n) is 10.7. The largest absolute Gasteiger partial charge is 0.490 e. The highest BCUT2D eigenvalue weighted by molar-refractivity contribution is 5.89. The quantitative estimate of drug-likeness (QED) is 0.799. The van der Waals surface area contributed by atoms with Crippen LogP contribution in [0, 0.1) is 0 Å². The van der Waals surface area contributed by atoms with Gasteiger partial charge in [0, 0.05) is 12.3 Å². The van der Waals surface area contributed by atoms with Crippen LogP contribution in [0.5, 0.6) is 5.75 Å². The van der Waals surface area contributed by atoms with Crippen molar-refractivity contribution in [2.75, 3.05) is 12.3 Å². The van der Waals surface area contributed by atoms with Crippen LogP contribution in [-0.2, 0) is 6.54 Å². The Labute approximate surface area is 115 Å². The second kappa shape index (κ2) is 5.92. The van der Waals surface area contributed by atoms with E-state index in [0.717, 1.165) is 0 Å². The van der Waals surface area contributed by atoms with Gasteiger partial charge in [-0.1, -0.05) is 6.07 Å². The normalized spacial score (nSPS) is 10.2. The molecule has 104 valence electrons. The van der Waals surface area contributed by atoms with Crippen LogP contribution in [0.1, 0.15) is 10.4 Å². The number of anilines is 1. The van der Waals surface area contributed by atoms with Gasteiger partial charge < -0.3 is 20.1 Å². The topological polar surface area (TPSA) is 94.6 Å². The lowest BCUT2D eigenvalue weighted by Crippen LogP contribution is -2.21. The van der Waals surface area contributed by atoms with E-state index in [9.17, 15) is 9.59 Å². The number of hydrogen-bond acceptors (Lipinski definition) is 4. The van der Waals surface area contributed by atoms with Gasteiger partial charge in [0.25, 0.3) is 5.56 Å². The number of carboxylic acid groups (broad SMARTS) is 1. The van der Waals surface area contributed by atoms with Crippen LogP contribution in [0.3, 0.4) is 0 Å². The molecule has 2 aromatic rings. The average molecular weight is 274 g/mol. The number of ether oxygens (including phenoxy) is 1. The fraction of sp³-hybridized carbons (Fsp3) is 0.143. The predicted octanol–water partition coefficient (Wildman–Crippen LogP) is 1.21. The average Bonchev–Trinajstić information content (AvgIpc) is 2.42. The molecule has 20 heavy (non-hydrogen) atoms. The van der Waals surface area contributed by atoms with Crippen molar-refractivity contribution < 1.29 is 14.6 Å². The number of aromatic carboxylic acids is 1. The molecule has 1 heterocycles. The molecule has 1 aromatic heterocycles. The number of rotatable bonds is 5. The summed E-state index contributed by atoms with van der Waals surface area (Å²) < 4.78 is 6.94. The lowest BCUT2D eigenvalue weighted by atomic mass is 10.2. The minimum absolute atomic E-state index is 0.103. The van der Waals surface area contributed by atoms with Crippen LogP contribution in [-0.4, -0.2) is 22.2 Å². The predicted molar refractivity (Wildman–Crippen MR) is 74.0 cm³/mol. The number of nitrogens with two attached hydrogens (primary N) is 1. The van der Waals surface area contributed by atoms with Crippen molar-refractivity contribution in [2.24, 2.45) is 0 Å². The second-order valence-corrected chi connectivity index (χ2v) is 4.14. The summed E-state index contributed by atoms with van der Waals surface area (Å²) in [5, 5.41) is 8.90. The molecule has 0 radical (unpaired) electrons. The second-order valence-electron chi connectivity index (χ2n) is 4.14. The van der Waals surface area contributed by atoms with E-state index in [1.165, 1.54) is 28.8 Å². The molecule has 0 aliphatic heterocycles. The first-order chi connectivity index (χ1) is 9.58. The number of aromatic nitrogens is 1. The Kier molecular flexibility index (Phi) is 4.05. The molecule has 0 atom stereocenters. The molecule has 6 heteroatoms. The number of nitrogen functional groups attached to an aromatic ring is 1. The first kappa shape index (κ1) is 13.7. The minimum Gasteiger partial charge on any atom is -0.490 e. The fourth-order valence-corrected chi connectivity index (χ4v) is 1.69. The lowest BCUT2D eigenvalue weighted by molar-refractivity contribution is 0.0696. The van der Waals surface area contributed by atoms with Crippen molar-refractivity contribution in [1.29, 1.82) is 0 Å². The van der Waals surface area contributed by atoms with E-state index in [4.69, 9.17) is 15.6 Å². The van der Waals surface area contributed by atoms with Crippen LogP contribution >= 0.6 is 0 Å². The molecule has 0 saturated heterocycles. The van der Waals surface area contributed by atoms with E-state index >= 15 is 0 Å². The molecule has 0 unspecified atom stereocenters. The number of carboxylic acids is 1. The molecular formula is C14H14N2O4. The summed E-state index contributed by atoms with van der Waals surface area (Å²) in [7, 11) is 0. The Morgan fingerprint density at radius 2 is 2.10 bits per heavy atom. The summed E-state index contributed by atoms with van der Waals surface area (Å²) in [5.74, 6) is -0.747. The van der Waals surface area contributed by atoms with Crippen molar-refractivity contribution in [3.05, 3.63) is 58.5 Å². The third-order valence-corrected chi connectivity index (χ3v) is 2.75. The SMILES string of the molecule is Nc1ccc(C(=O)O)cc1OCCn1ccccc1=O. The smallest absolute Gasteiger partial charge is 0.335 e. The number of carbonyl (C=O) groups is 1. The molecule has 6 nitrogen and oxygen atoms in total. The monoisotopic (exact) mass is 274 g/mol. The standard InChI is InChI=1S/C14H14N2O4/c15-11-5-4-10(14(18)19)9-12(11)20-8-7-16-6-2-1-3-13(16)17/h1-6,9H,7-8,15H2,(H,18,19). The third kappa shape index (κ3) is 3.17. The fourth-order valence-electron chi connectivity index (χ4n) is 1.69. The van der Waals surface area contributed by atoms with Crippen LogP contribution in [0.15, 0.2) is 47.4 Å². The Balaban J connectivity index is 2.04. The van der Waals surface area contributed by atoms with E-state index in [1.54, 1.807) is 18.3 Å². The Morgan fingerprint density at radius 1 is 1.30 bits per heavy atom. The summed E-state index contributed by atoms with van der Waals surface area (Å²) in [6.45, 7) is 0.577. The first-order valence-corrected chi connectivity index (χ1v) is 5.99. The maximum Gasteiger partial charge on any atom is 0.335 e. The highest BCUT2D eigenvalue weighted by atomic mass is 16.5. The number of pyridine rings is 1. The van der Waals surface area contributed by atoms with Gasteiger partial charge in [0.15, 0.2) is 0 Å². The summed E-state index contributed by atoms with van der Waals surface area (Å²) in [5.41, 5.74) is 6.05. The summed E-state index contributed by atoms with van der Waals surface area (Å²) in [6, 6.07) is 9.12. The Morgan fingerprint density at radius 3 is 2.80 bits per heavy atom. The van der Waals surface area contributed by atoms with Gasteiger partial charge in [-0.05, 0) is 24.3 Å². The molecule has 3 N–H and O–H groups in total. The molecule has 0 spiro atoms. The van der Waals surface area contributed by atoms with Crippen molar-refractivity contribution in [3.63, 3.8) is 0 Å². The molecule has 0 aliphatic carbocycles. The van der Waals surface area contributed by atoms with Crippen molar-refractivity contribution in [2.45, 2.75) is 6.54 Å². The van der Waals surface area contributed by atoms with Crippen molar-refractivity contribution in [3.8, 4) is 5.75 Å². The van der Waals surface area contributed by atoms with Crippen LogP contribution in [0.4, 0.5) is 5.69 Å². The molecule has 0 amide bonds.